The Labute approximate surface area is 137 Å². The Hall–Kier alpha value is -1.43. The molecule has 0 amide bonds. The van der Waals surface area contributed by atoms with Crippen molar-refractivity contribution in [2.75, 3.05) is 18.7 Å². The molecule has 3 nitrogen and oxygen atoms in total. The van der Waals surface area contributed by atoms with Crippen molar-refractivity contribution >= 4 is 27.8 Å². The van der Waals surface area contributed by atoms with E-state index in [9.17, 15) is 8.78 Å². The van der Waals surface area contributed by atoms with Gasteiger partial charge in [-0.3, -0.25) is 4.99 Å². The molecule has 0 N–H and O–H groups in total. The van der Waals surface area contributed by atoms with E-state index in [2.05, 4.69) is 20.9 Å². The van der Waals surface area contributed by atoms with Gasteiger partial charge in [0, 0.05) is 18.0 Å². The predicted molar refractivity (Wildman–Crippen MR) is 89.3 cm³/mol. The number of anilines is 1. The van der Waals surface area contributed by atoms with Gasteiger partial charge in [0.2, 0.25) is 0 Å². The van der Waals surface area contributed by atoms with E-state index in [1.807, 2.05) is 20.8 Å². The van der Waals surface area contributed by atoms with Gasteiger partial charge in [-0.25, -0.2) is 8.78 Å². The molecule has 2 rings (SSSR count). The number of rotatable bonds is 3. The highest BCUT2D eigenvalue weighted by Crippen LogP contribution is 2.47. The van der Waals surface area contributed by atoms with E-state index in [4.69, 9.17) is 4.74 Å². The van der Waals surface area contributed by atoms with Gasteiger partial charge in [0.25, 0.3) is 6.43 Å². The summed E-state index contributed by atoms with van der Waals surface area (Å²) in [6.07, 6.45) is 2.52. The molecular formula is C16H19BrF2N2O. The number of hydrogen-bond acceptors (Lipinski definition) is 3. The summed E-state index contributed by atoms with van der Waals surface area (Å²) in [6, 6.07) is 1.77. The Balaban J connectivity index is 2.72. The number of hydrogen-bond donors (Lipinski definition) is 0. The average molecular weight is 373 g/mol. The first-order valence-corrected chi connectivity index (χ1v) is 7.69. The lowest BCUT2D eigenvalue weighted by Crippen LogP contribution is -2.22. The minimum absolute atomic E-state index is 0.0772. The van der Waals surface area contributed by atoms with Gasteiger partial charge in [0.15, 0.2) is 0 Å². The zero-order chi connectivity index (χ0) is 16.5. The fraction of sp³-hybridized carbons (Fsp3) is 0.438. The lowest BCUT2D eigenvalue weighted by atomic mass is 9.85. The summed E-state index contributed by atoms with van der Waals surface area (Å²) in [5, 5.41) is 0. The van der Waals surface area contributed by atoms with E-state index < -0.39 is 6.43 Å². The third-order valence-electron chi connectivity index (χ3n) is 3.47. The van der Waals surface area contributed by atoms with Gasteiger partial charge >= 0.3 is 0 Å². The van der Waals surface area contributed by atoms with Crippen LogP contribution in [0.5, 0.6) is 5.75 Å². The van der Waals surface area contributed by atoms with Crippen LogP contribution in [0.15, 0.2) is 27.8 Å². The highest BCUT2D eigenvalue weighted by molar-refractivity contribution is 9.10. The summed E-state index contributed by atoms with van der Waals surface area (Å²) in [4.78, 5) is 5.83. The molecule has 120 valence electrons. The zero-order valence-corrected chi connectivity index (χ0v) is 14.6. The van der Waals surface area contributed by atoms with Crippen LogP contribution < -0.4 is 9.64 Å². The van der Waals surface area contributed by atoms with Crippen molar-refractivity contribution in [3.8, 4) is 5.75 Å². The maximum Gasteiger partial charge on any atom is 0.267 e. The first-order valence-electron chi connectivity index (χ1n) is 6.89. The molecule has 0 unspecified atom stereocenters. The van der Waals surface area contributed by atoms with E-state index in [1.165, 1.54) is 7.11 Å². The lowest BCUT2D eigenvalue weighted by Gasteiger charge is -2.29. The maximum absolute atomic E-state index is 13.6. The number of ether oxygens (including phenoxy) is 1. The number of nitrogens with zero attached hydrogens (tertiary/aromatic N) is 2. The molecule has 0 aromatic heterocycles. The van der Waals surface area contributed by atoms with Gasteiger partial charge in [0.05, 0.1) is 22.8 Å². The Bertz CT molecular complexity index is 622. The smallest absolute Gasteiger partial charge is 0.267 e. The molecule has 1 aliphatic heterocycles. The van der Waals surface area contributed by atoms with E-state index in [0.29, 0.717) is 22.6 Å². The van der Waals surface area contributed by atoms with Crippen LogP contribution in [0.4, 0.5) is 14.5 Å². The molecule has 1 heterocycles. The van der Waals surface area contributed by atoms with Crippen LogP contribution in [-0.4, -0.2) is 20.0 Å². The van der Waals surface area contributed by atoms with Gasteiger partial charge in [-0.05, 0) is 33.5 Å². The van der Waals surface area contributed by atoms with Crippen molar-refractivity contribution in [1.29, 1.82) is 0 Å². The van der Waals surface area contributed by atoms with Crippen LogP contribution in [0.2, 0.25) is 0 Å². The minimum atomic E-state index is -2.62. The van der Waals surface area contributed by atoms with Crippen molar-refractivity contribution in [1.82, 2.24) is 0 Å². The number of halogens is 3. The van der Waals surface area contributed by atoms with Gasteiger partial charge in [-0.15, -0.1) is 0 Å². The molecule has 0 spiro atoms. The topological polar surface area (TPSA) is 24.8 Å². The largest absolute Gasteiger partial charge is 0.495 e. The fourth-order valence-electron chi connectivity index (χ4n) is 2.38. The summed E-state index contributed by atoms with van der Waals surface area (Å²) in [5.41, 5.74) is 0.989. The van der Waals surface area contributed by atoms with E-state index in [1.54, 1.807) is 29.5 Å². The number of methoxy groups -OCH3 is 1. The van der Waals surface area contributed by atoms with Gasteiger partial charge in [-0.1, -0.05) is 20.8 Å². The Morgan fingerprint density at radius 2 is 2.05 bits per heavy atom. The van der Waals surface area contributed by atoms with E-state index in [-0.39, 0.29) is 11.0 Å². The van der Waals surface area contributed by atoms with E-state index in [0.717, 1.165) is 5.56 Å². The third-order valence-corrected chi connectivity index (χ3v) is 4.26. The Morgan fingerprint density at radius 3 is 2.50 bits per heavy atom. The van der Waals surface area contributed by atoms with Crippen LogP contribution in [0, 0.1) is 0 Å². The summed E-state index contributed by atoms with van der Waals surface area (Å²) in [6.45, 7) is 6.38. The molecule has 0 atom stereocenters. The summed E-state index contributed by atoms with van der Waals surface area (Å²) >= 11 is 3.31. The molecule has 1 aromatic rings. The molecule has 0 fully saturated rings. The highest BCUT2D eigenvalue weighted by atomic mass is 79.9. The fourth-order valence-corrected chi connectivity index (χ4v) is 3.13. The van der Waals surface area contributed by atoms with Crippen molar-refractivity contribution in [2.24, 2.45) is 4.99 Å². The number of allylic oxidation sites excluding steroid dienone is 1. The van der Waals surface area contributed by atoms with E-state index >= 15 is 0 Å². The predicted octanol–water partition coefficient (Wildman–Crippen LogP) is 5.05. The maximum atomic E-state index is 13.6. The Kier molecular flexibility index (Phi) is 4.90. The molecule has 1 aliphatic rings. The summed E-state index contributed by atoms with van der Waals surface area (Å²) < 4.78 is 32.9. The first-order chi connectivity index (χ1) is 10.3. The van der Waals surface area contributed by atoms with Gasteiger partial charge in [-0.2, -0.15) is 0 Å². The van der Waals surface area contributed by atoms with Gasteiger partial charge < -0.3 is 9.64 Å². The van der Waals surface area contributed by atoms with Crippen LogP contribution in [-0.2, 0) is 5.41 Å². The average Bonchev–Trinajstić information content (AvgIpc) is 2.45. The van der Waals surface area contributed by atoms with Gasteiger partial charge in [0.1, 0.15) is 12.4 Å². The number of alkyl halides is 2. The first kappa shape index (κ1) is 16.9. The van der Waals surface area contributed by atoms with Crippen LogP contribution in [0.25, 0.3) is 0 Å². The lowest BCUT2D eigenvalue weighted by molar-refractivity contribution is 0.150. The molecule has 0 saturated heterocycles. The SMILES string of the molecule is COc1c(C(C)(C)C)cc(N2C=CC=NC2)c(C(F)F)c1Br. The molecule has 0 aliphatic carbocycles. The molecule has 0 radical (unpaired) electrons. The second-order valence-electron chi connectivity index (χ2n) is 6.04. The summed E-state index contributed by atoms with van der Waals surface area (Å²) in [7, 11) is 1.50. The molecule has 0 bridgehead atoms. The Morgan fingerprint density at radius 1 is 1.36 bits per heavy atom. The molecule has 0 saturated carbocycles. The van der Waals surface area contributed by atoms with Crippen LogP contribution in [0.3, 0.4) is 0 Å². The number of benzene rings is 1. The number of aliphatic imine (C=N–C) groups is 1. The second-order valence-corrected chi connectivity index (χ2v) is 6.83. The molecule has 6 heteroatoms. The summed E-state index contributed by atoms with van der Waals surface area (Å²) in [5.74, 6) is 0.455. The standard InChI is InChI=1S/C16H19BrF2N2O/c1-16(2,3)10-8-11(21-7-5-6-20-9-21)12(15(18)19)13(17)14(10)22-4/h5-8,15H,9H2,1-4H3. The molecule has 1 aromatic carbocycles. The molecule has 22 heavy (non-hydrogen) atoms. The minimum Gasteiger partial charge on any atom is -0.495 e. The van der Waals surface area contributed by atoms with Crippen molar-refractivity contribution < 1.29 is 13.5 Å². The quantitative estimate of drug-likeness (QED) is 0.740. The molecular weight excluding hydrogens is 354 g/mol. The van der Waals surface area contributed by atoms with Crippen molar-refractivity contribution in [2.45, 2.75) is 32.6 Å². The van der Waals surface area contributed by atoms with Crippen LogP contribution >= 0.6 is 15.9 Å². The normalized spacial score (nSPS) is 14.8. The monoisotopic (exact) mass is 372 g/mol. The third kappa shape index (κ3) is 3.16. The van der Waals surface area contributed by atoms with Crippen molar-refractivity contribution in [3.05, 3.63) is 33.9 Å². The highest BCUT2D eigenvalue weighted by Gasteiger charge is 2.29. The zero-order valence-electron chi connectivity index (χ0n) is 13.0. The second kappa shape index (κ2) is 6.36. The van der Waals surface area contributed by atoms with Crippen molar-refractivity contribution in [3.63, 3.8) is 0 Å². The van der Waals surface area contributed by atoms with Crippen LogP contribution in [0.1, 0.15) is 38.3 Å².